The van der Waals surface area contributed by atoms with Crippen LogP contribution in [0.15, 0.2) is 56.7 Å². The Hall–Kier alpha value is -1.57. The summed E-state index contributed by atoms with van der Waals surface area (Å²) in [5, 5.41) is 9.53. The molecule has 0 saturated heterocycles. The lowest BCUT2D eigenvalue weighted by atomic mass is 10.2. The number of benzene rings is 1. The maximum atomic E-state index is 5.66. The van der Waals surface area contributed by atoms with Crippen LogP contribution in [0.25, 0.3) is 11.6 Å². The van der Waals surface area contributed by atoms with Gasteiger partial charge in [-0.2, -0.15) is 0 Å². The maximum absolute atomic E-state index is 5.66. The molecule has 0 radical (unpaired) electrons. The maximum Gasteiger partial charge on any atom is 0.200 e. The number of nitrogens with zero attached hydrogens (tertiary/aromatic N) is 3. The van der Waals surface area contributed by atoms with Gasteiger partial charge >= 0.3 is 0 Å². The van der Waals surface area contributed by atoms with E-state index in [9.17, 15) is 0 Å². The minimum atomic E-state index is 0.678. The number of ether oxygens (including phenoxy) is 1. The summed E-state index contributed by atoms with van der Waals surface area (Å²) in [7, 11) is 0. The van der Waals surface area contributed by atoms with Crippen LogP contribution >= 0.6 is 27.7 Å². The number of halogens is 1. The lowest BCUT2D eigenvalue weighted by Gasteiger charge is -2.09. The quantitative estimate of drug-likeness (QED) is 0.407. The molecule has 0 atom stereocenters. The molecule has 0 saturated carbocycles. The SMILES string of the molecule is CCOCCSc1nnc(-c2ccc(Br)o2)n1Cc1ccccc1. The third kappa shape index (κ3) is 4.28. The smallest absolute Gasteiger partial charge is 0.200 e. The standard InChI is InChI=1S/C17H18BrN3O2S/c1-2-22-10-11-24-17-20-19-16(14-8-9-15(18)23-14)21(17)12-13-6-4-3-5-7-13/h3-9H,2,10-12H2,1H3. The molecule has 1 aromatic carbocycles. The fraction of sp³-hybridized carbons (Fsp3) is 0.294. The Morgan fingerprint density at radius 1 is 1.17 bits per heavy atom. The zero-order chi connectivity index (χ0) is 16.8. The van der Waals surface area contributed by atoms with Gasteiger partial charge in [-0.15, -0.1) is 10.2 Å². The van der Waals surface area contributed by atoms with Gasteiger partial charge in [-0.05, 0) is 40.5 Å². The lowest BCUT2D eigenvalue weighted by molar-refractivity contribution is 0.164. The van der Waals surface area contributed by atoms with Crippen molar-refractivity contribution >= 4 is 27.7 Å². The average Bonchev–Trinajstić information content (AvgIpc) is 3.19. The zero-order valence-electron chi connectivity index (χ0n) is 13.3. The van der Waals surface area contributed by atoms with E-state index in [1.54, 1.807) is 11.8 Å². The van der Waals surface area contributed by atoms with Gasteiger partial charge in [0.2, 0.25) is 5.82 Å². The molecule has 0 bridgehead atoms. The normalized spacial score (nSPS) is 11.1. The average molecular weight is 408 g/mol. The molecule has 0 amide bonds. The van der Waals surface area contributed by atoms with Crippen LogP contribution < -0.4 is 0 Å². The predicted octanol–water partition coefficient (Wildman–Crippen LogP) is 4.48. The second-order valence-corrected chi connectivity index (χ2v) is 6.87. The Morgan fingerprint density at radius 2 is 2.00 bits per heavy atom. The monoisotopic (exact) mass is 407 g/mol. The molecule has 0 fully saturated rings. The van der Waals surface area contributed by atoms with E-state index >= 15 is 0 Å². The summed E-state index contributed by atoms with van der Waals surface area (Å²) < 4.78 is 13.8. The van der Waals surface area contributed by atoms with Crippen LogP contribution in [-0.4, -0.2) is 33.7 Å². The first-order valence-corrected chi connectivity index (χ1v) is 9.49. The summed E-state index contributed by atoms with van der Waals surface area (Å²) in [5.41, 5.74) is 1.19. The van der Waals surface area contributed by atoms with Gasteiger partial charge in [-0.25, -0.2) is 0 Å². The number of furan rings is 1. The minimum Gasteiger partial charge on any atom is -0.446 e. The van der Waals surface area contributed by atoms with Crippen LogP contribution in [0.1, 0.15) is 12.5 Å². The Bertz CT molecular complexity index is 773. The number of thioether (sulfide) groups is 1. The highest BCUT2D eigenvalue weighted by molar-refractivity contribution is 9.10. The van der Waals surface area contributed by atoms with Gasteiger partial charge in [-0.1, -0.05) is 42.1 Å². The van der Waals surface area contributed by atoms with Gasteiger partial charge in [0.25, 0.3) is 0 Å². The fourth-order valence-corrected chi connectivity index (χ4v) is 3.35. The molecule has 3 rings (SSSR count). The van der Waals surface area contributed by atoms with Crippen LogP contribution in [0.4, 0.5) is 0 Å². The topological polar surface area (TPSA) is 53.1 Å². The van der Waals surface area contributed by atoms with Gasteiger partial charge in [0.05, 0.1) is 13.2 Å². The van der Waals surface area contributed by atoms with E-state index in [0.717, 1.165) is 23.3 Å². The van der Waals surface area contributed by atoms with Crippen molar-refractivity contribution in [3.63, 3.8) is 0 Å². The summed E-state index contributed by atoms with van der Waals surface area (Å²) in [6, 6.07) is 14.0. The zero-order valence-corrected chi connectivity index (χ0v) is 15.7. The molecule has 24 heavy (non-hydrogen) atoms. The Kier molecular flexibility index (Phi) is 6.12. The van der Waals surface area contributed by atoms with Gasteiger partial charge in [0.1, 0.15) is 0 Å². The van der Waals surface area contributed by atoms with E-state index in [2.05, 4.69) is 42.8 Å². The van der Waals surface area contributed by atoms with E-state index in [-0.39, 0.29) is 0 Å². The predicted molar refractivity (Wildman–Crippen MR) is 98.2 cm³/mol. The van der Waals surface area contributed by atoms with Crippen LogP contribution in [0.3, 0.4) is 0 Å². The molecule has 0 aliphatic carbocycles. The molecule has 3 aromatic rings. The fourth-order valence-electron chi connectivity index (χ4n) is 2.26. The summed E-state index contributed by atoms with van der Waals surface area (Å²) in [6.07, 6.45) is 0. The molecule has 0 N–H and O–H groups in total. The molecule has 0 aliphatic heterocycles. The molecular formula is C17H18BrN3O2S. The van der Waals surface area contributed by atoms with Crippen molar-refractivity contribution in [1.82, 2.24) is 14.8 Å². The van der Waals surface area contributed by atoms with E-state index in [0.29, 0.717) is 23.6 Å². The summed E-state index contributed by atoms with van der Waals surface area (Å²) in [5.74, 6) is 2.26. The Morgan fingerprint density at radius 3 is 2.71 bits per heavy atom. The number of rotatable bonds is 8. The van der Waals surface area contributed by atoms with E-state index in [4.69, 9.17) is 9.15 Å². The van der Waals surface area contributed by atoms with Gasteiger partial charge < -0.3 is 9.15 Å². The first-order valence-electron chi connectivity index (χ1n) is 7.71. The van der Waals surface area contributed by atoms with Gasteiger partial charge in [0.15, 0.2) is 15.6 Å². The summed E-state index contributed by atoms with van der Waals surface area (Å²) >= 11 is 4.98. The number of hydrogen-bond acceptors (Lipinski definition) is 5. The molecule has 0 spiro atoms. The Labute approximate surface area is 153 Å². The molecular weight excluding hydrogens is 390 g/mol. The number of aromatic nitrogens is 3. The largest absolute Gasteiger partial charge is 0.446 e. The molecule has 2 heterocycles. The third-order valence-corrected chi connectivity index (χ3v) is 4.71. The van der Waals surface area contributed by atoms with Crippen molar-refractivity contribution in [2.75, 3.05) is 19.0 Å². The minimum absolute atomic E-state index is 0.678. The molecule has 126 valence electrons. The van der Waals surface area contributed by atoms with E-state index in [1.807, 2.05) is 37.3 Å². The van der Waals surface area contributed by atoms with Gasteiger partial charge in [0, 0.05) is 12.4 Å². The van der Waals surface area contributed by atoms with Crippen LogP contribution in [0.5, 0.6) is 0 Å². The molecule has 0 aliphatic rings. The van der Waals surface area contributed by atoms with Crippen molar-refractivity contribution < 1.29 is 9.15 Å². The first-order chi connectivity index (χ1) is 11.8. The molecule has 2 aromatic heterocycles. The van der Waals surface area contributed by atoms with Crippen molar-refractivity contribution in [2.45, 2.75) is 18.6 Å². The van der Waals surface area contributed by atoms with Gasteiger partial charge in [-0.3, -0.25) is 4.57 Å². The van der Waals surface area contributed by atoms with Crippen molar-refractivity contribution in [3.8, 4) is 11.6 Å². The lowest BCUT2D eigenvalue weighted by Crippen LogP contribution is -2.05. The highest BCUT2D eigenvalue weighted by Gasteiger charge is 2.17. The van der Waals surface area contributed by atoms with Crippen LogP contribution in [0, 0.1) is 0 Å². The first kappa shape index (κ1) is 17.3. The second-order valence-electron chi connectivity index (χ2n) is 5.03. The highest BCUT2D eigenvalue weighted by Crippen LogP contribution is 2.28. The van der Waals surface area contributed by atoms with E-state index < -0.39 is 0 Å². The van der Waals surface area contributed by atoms with Crippen molar-refractivity contribution in [1.29, 1.82) is 0 Å². The summed E-state index contributed by atoms with van der Waals surface area (Å²) in [4.78, 5) is 0. The highest BCUT2D eigenvalue weighted by atomic mass is 79.9. The van der Waals surface area contributed by atoms with E-state index in [1.165, 1.54) is 5.56 Å². The Balaban J connectivity index is 1.86. The third-order valence-electron chi connectivity index (χ3n) is 3.36. The van der Waals surface area contributed by atoms with Crippen LogP contribution in [0.2, 0.25) is 0 Å². The summed E-state index contributed by atoms with van der Waals surface area (Å²) in [6.45, 7) is 4.11. The van der Waals surface area contributed by atoms with Crippen molar-refractivity contribution in [2.24, 2.45) is 0 Å². The molecule has 5 nitrogen and oxygen atoms in total. The van der Waals surface area contributed by atoms with Crippen LogP contribution in [-0.2, 0) is 11.3 Å². The molecule has 7 heteroatoms. The molecule has 0 unspecified atom stereocenters. The second kappa shape index (κ2) is 8.50. The van der Waals surface area contributed by atoms with Crippen molar-refractivity contribution in [3.05, 3.63) is 52.7 Å². The number of hydrogen-bond donors (Lipinski definition) is 0.